The molecule has 1 aliphatic heterocycles. The van der Waals surface area contributed by atoms with Crippen LogP contribution in [0.25, 0.3) is 0 Å². The number of nitrogens with one attached hydrogen (secondary N) is 1. The zero-order valence-corrected chi connectivity index (χ0v) is 7.94. The SMILES string of the molecule is C=C1N(C(C)C)CNC1(C)C. The van der Waals surface area contributed by atoms with Gasteiger partial charge in [0.2, 0.25) is 0 Å². The topological polar surface area (TPSA) is 15.3 Å². The lowest BCUT2D eigenvalue weighted by molar-refractivity contribution is 0.315. The van der Waals surface area contributed by atoms with Crippen LogP contribution < -0.4 is 5.32 Å². The number of rotatable bonds is 1. The van der Waals surface area contributed by atoms with E-state index < -0.39 is 0 Å². The summed E-state index contributed by atoms with van der Waals surface area (Å²) >= 11 is 0. The summed E-state index contributed by atoms with van der Waals surface area (Å²) in [6.07, 6.45) is 0. The van der Waals surface area contributed by atoms with Crippen molar-refractivity contribution in [2.75, 3.05) is 6.67 Å². The van der Waals surface area contributed by atoms with Crippen molar-refractivity contribution < 1.29 is 0 Å². The van der Waals surface area contributed by atoms with E-state index in [1.54, 1.807) is 0 Å². The molecule has 1 heterocycles. The zero-order valence-electron chi connectivity index (χ0n) is 7.94. The molecule has 2 nitrogen and oxygen atoms in total. The van der Waals surface area contributed by atoms with Crippen molar-refractivity contribution in [1.82, 2.24) is 10.2 Å². The monoisotopic (exact) mass is 154 g/mol. The Hall–Kier alpha value is -0.500. The smallest absolute Gasteiger partial charge is 0.0689 e. The normalized spacial score (nSPS) is 23.4. The van der Waals surface area contributed by atoms with E-state index in [4.69, 9.17) is 0 Å². The second-order valence-electron chi connectivity index (χ2n) is 3.97. The van der Waals surface area contributed by atoms with Gasteiger partial charge in [-0.15, -0.1) is 0 Å². The molecule has 11 heavy (non-hydrogen) atoms. The number of nitrogens with zero attached hydrogens (tertiary/aromatic N) is 1. The molecule has 1 saturated heterocycles. The van der Waals surface area contributed by atoms with Crippen LogP contribution in [-0.2, 0) is 0 Å². The van der Waals surface area contributed by atoms with E-state index in [-0.39, 0.29) is 5.54 Å². The Kier molecular flexibility index (Phi) is 1.97. The van der Waals surface area contributed by atoms with Crippen LogP contribution in [-0.4, -0.2) is 23.1 Å². The molecule has 0 saturated carbocycles. The van der Waals surface area contributed by atoms with Gasteiger partial charge in [-0.3, -0.25) is 5.32 Å². The van der Waals surface area contributed by atoms with Crippen LogP contribution >= 0.6 is 0 Å². The fourth-order valence-electron chi connectivity index (χ4n) is 1.33. The highest BCUT2D eigenvalue weighted by Crippen LogP contribution is 2.25. The first-order valence-electron chi connectivity index (χ1n) is 4.16. The third-order valence-electron chi connectivity index (χ3n) is 2.38. The van der Waals surface area contributed by atoms with Crippen LogP contribution in [0, 0.1) is 0 Å². The molecule has 0 aromatic heterocycles. The molecular weight excluding hydrogens is 136 g/mol. The fourth-order valence-corrected chi connectivity index (χ4v) is 1.33. The maximum absolute atomic E-state index is 4.07. The predicted octanol–water partition coefficient (Wildman–Crippen LogP) is 1.55. The summed E-state index contributed by atoms with van der Waals surface area (Å²) in [7, 11) is 0. The fraction of sp³-hybridized carbons (Fsp3) is 0.778. The molecule has 0 aromatic carbocycles. The van der Waals surface area contributed by atoms with E-state index in [0.29, 0.717) is 6.04 Å². The van der Waals surface area contributed by atoms with Crippen molar-refractivity contribution >= 4 is 0 Å². The first kappa shape index (κ1) is 8.60. The Morgan fingerprint density at radius 3 is 2.27 bits per heavy atom. The Morgan fingerprint density at radius 1 is 1.55 bits per heavy atom. The van der Waals surface area contributed by atoms with Gasteiger partial charge in [-0.25, -0.2) is 0 Å². The summed E-state index contributed by atoms with van der Waals surface area (Å²) in [5, 5.41) is 3.40. The van der Waals surface area contributed by atoms with E-state index in [2.05, 4.69) is 44.5 Å². The molecular formula is C9H18N2. The molecule has 0 unspecified atom stereocenters. The number of hydrogen-bond donors (Lipinski definition) is 1. The molecule has 0 radical (unpaired) electrons. The lowest BCUT2D eigenvalue weighted by Crippen LogP contribution is -2.33. The highest BCUT2D eigenvalue weighted by molar-refractivity contribution is 5.17. The van der Waals surface area contributed by atoms with Crippen molar-refractivity contribution in [3.63, 3.8) is 0 Å². The third kappa shape index (κ3) is 1.41. The minimum atomic E-state index is 0.0876. The number of hydrogen-bond acceptors (Lipinski definition) is 2. The van der Waals surface area contributed by atoms with E-state index in [1.165, 1.54) is 5.70 Å². The van der Waals surface area contributed by atoms with Crippen LogP contribution in [0.1, 0.15) is 27.7 Å². The molecule has 2 heteroatoms. The zero-order chi connectivity index (χ0) is 8.65. The van der Waals surface area contributed by atoms with Crippen LogP contribution in [0.2, 0.25) is 0 Å². The lowest BCUT2D eigenvalue weighted by atomic mass is 10.0. The quantitative estimate of drug-likeness (QED) is 0.616. The Balaban J connectivity index is 2.71. The summed E-state index contributed by atoms with van der Waals surface area (Å²) in [5.74, 6) is 0. The summed E-state index contributed by atoms with van der Waals surface area (Å²) in [6, 6.07) is 0.553. The Morgan fingerprint density at radius 2 is 2.09 bits per heavy atom. The standard InChI is InChI=1S/C9H18N2/c1-7(2)11-6-10-9(4,5)8(11)3/h7,10H,3,6H2,1-2,4-5H3. The second-order valence-corrected chi connectivity index (χ2v) is 3.97. The van der Waals surface area contributed by atoms with Gasteiger partial charge in [-0.2, -0.15) is 0 Å². The minimum absolute atomic E-state index is 0.0876. The van der Waals surface area contributed by atoms with Crippen LogP contribution in [0.3, 0.4) is 0 Å². The summed E-state index contributed by atoms with van der Waals surface area (Å²) in [5.41, 5.74) is 1.29. The van der Waals surface area contributed by atoms with E-state index in [9.17, 15) is 0 Å². The molecule has 1 N–H and O–H groups in total. The maximum atomic E-state index is 4.07. The summed E-state index contributed by atoms with van der Waals surface area (Å²) in [4.78, 5) is 2.29. The minimum Gasteiger partial charge on any atom is -0.359 e. The van der Waals surface area contributed by atoms with Gasteiger partial charge in [0.05, 0.1) is 12.2 Å². The second kappa shape index (κ2) is 2.52. The van der Waals surface area contributed by atoms with Crippen LogP contribution in [0.4, 0.5) is 0 Å². The lowest BCUT2D eigenvalue weighted by Gasteiger charge is -2.26. The Bertz CT molecular complexity index is 170. The molecule has 1 fully saturated rings. The van der Waals surface area contributed by atoms with Gasteiger partial charge in [0, 0.05) is 11.7 Å². The molecule has 0 bridgehead atoms. The molecule has 0 aliphatic carbocycles. The van der Waals surface area contributed by atoms with Gasteiger partial charge in [-0.05, 0) is 27.7 Å². The van der Waals surface area contributed by atoms with Crippen molar-refractivity contribution in [1.29, 1.82) is 0 Å². The Labute approximate surface area is 69.3 Å². The van der Waals surface area contributed by atoms with Gasteiger partial charge >= 0.3 is 0 Å². The molecule has 0 spiro atoms. The van der Waals surface area contributed by atoms with Crippen molar-refractivity contribution in [2.45, 2.75) is 39.3 Å². The van der Waals surface area contributed by atoms with Crippen LogP contribution in [0.15, 0.2) is 12.3 Å². The van der Waals surface area contributed by atoms with Gasteiger partial charge in [0.25, 0.3) is 0 Å². The average Bonchev–Trinajstić information content (AvgIpc) is 2.09. The first-order chi connectivity index (χ1) is 4.95. The van der Waals surface area contributed by atoms with Gasteiger partial charge in [0.15, 0.2) is 0 Å². The highest BCUT2D eigenvalue weighted by atomic mass is 15.3. The van der Waals surface area contributed by atoms with Crippen molar-refractivity contribution in [2.24, 2.45) is 0 Å². The molecule has 0 atom stereocenters. The largest absolute Gasteiger partial charge is 0.359 e. The van der Waals surface area contributed by atoms with Crippen LogP contribution in [0.5, 0.6) is 0 Å². The molecule has 64 valence electrons. The molecule has 0 aromatic rings. The molecule has 0 amide bonds. The summed E-state index contributed by atoms with van der Waals surface area (Å²) in [6.45, 7) is 13.7. The molecule has 1 rings (SSSR count). The summed E-state index contributed by atoms with van der Waals surface area (Å²) < 4.78 is 0. The van der Waals surface area contributed by atoms with Gasteiger partial charge in [0.1, 0.15) is 0 Å². The van der Waals surface area contributed by atoms with E-state index in [0.717, 1.165) is 6.67 Å². The predicted molar refractivity (Wildman–Crippen MR) is 48.2 cm³/mol. The van der Waals surface area contributed by atoms with E-state index >= 15 is 0 Å². The average molecular weight is 154 g/mol. The molecule has 1 aliphatic rings. The maximum Gasteiger partial charge on any atom is 0.0689 e. The van der Waals surface area contributed by atoms with Crippen molar-refractivity contribution in [3.05, 3.63) is 12.3 Å². The van der Waals surface area contributed by atoms with Crippen molar-refractivity contribution in [3.8, 4) is 0 Å². The van der Waals surface area contributed by atoms with Gasteiger partial charge < -0.3 is 4.90 Å². The first-order valence-corrected chi connectivity index (χ1v) is 4.16. The third-order valence-corrected chi connectivity index (χ3v) is 2.38. The van der Waals surface area contributed by atoms with Gasteiger partial charge in [-0.1, -0.05) is 6.58 Å². The van der Waals surface area contributed by atoms with E-state index in [1.807, 2.05) is 0 Å². The highest BCUT2D eigenvalue weighted by Gasteiger charge is 2.33.